The third-order valence-electron chi connectivity index (χ3n) is 5.89. The zero-order chi connectivity index (χ0) is 23.7. The molecule has 0 unspecified atom stereocenters. The van der Waals surface area contributed by atoms with Crippen LogP contribution in [0.25, 0.3) is 11.5 Å². The van der Waals surface area contributed by atoms with Gasteiger partial charge in [-0.05, 0) is 49.4 Å². The van der Waals surface area contributed by atoms with E-state index in [4.69, 9.17) is 16.0 Å². The first kappa shape index (κ1) is 22.5. The predicted octanol–water partition coefficient (Wildman–Crippen LogP) is 5.46. The maximum Gasteiger partial charge on any atom is 0.236 e. The highest BCUT2D eigenvalue weighted by Gasteiger charge is 2.32. The second-order valence-corrected chi connectivity index (χ2v) is 10.6. The van der Waals surface area contributed by atoms with Crippen LogP contribution < -0.4 is 9.80 Å². The van der Waals surface area contributed by atoms with E-state index in [0.717, 1.165) is 16.8 Å². The predicted molar refractivity (Wildman–Crippen MR) is 134 cm³/mol. The van der Waals surface area contributed by atoms with E-state index in [1.165, 1.54) is 0 Å². The number of oxazole rings is 1. The lowest BCUT2D eigenvalue weighted by Crippen LogP contribution is -2.46. The van der Waals surface area contributed by atoms with Gasteiger partial charge in [-0.3, -0.25) is 0 Å². The number of benzene rings is 3. The molecule has 5 rings (SSSR count). The van der Waals surface area contributed by atoms with Gasteiger partial charge in [-0.2, -0.15) is 4.98 Å². The summed E-state index contributed by atoms with van der Waals surface area (Å²) in [6, 6.07) is 23.8. The number of aryl methyl sites for hydroxylation is 1. The Hall–Kier alpha value is -3.29. The first-order valence-electron chi connectivity index (χ1n) is 11.1. The number of nitrogens with zero attached hydrogens (tertiary/aromatic N) is 3. The minimum atomic E-state index is -3.87. The summed E-state index contributed by atoms with van der Waals surface area (Å²) in [5.74, 6) is 0.580. The number of hydrogen-bond donors (Lipinski definition) is 0. The molecule has 0 radical (unpaired) electrons. The van der Waals surface area contributed by atoms with Gasteiger partial charge in [0, 0.05) is 42.5 Å². The highest BCUT2D eigenvalue weighted by molar-refractivity contribution is 7.91. The van der Waals surface area contributed by atoms with Crippen LogP contribution in [0.5, 0.6) is 0 Å². The number of aromatic nitrogens is 1. The zero-order valence-corrected chi connectivity index (χ0v) is 20.3. The van der Waals surface area contributed by atoms with Crippen molar-refractivity contribution in [3.8, 4) is 11.5 Å². The van der Waals surface area contributed by atoms with Crippen LogP contribution in [0, 0.1) is 6.92 Å². The number of anilines is 2. The molecule has 0 bridgehead atoms. The van der Waals surface area contributed by atoms with Gasteiger partial charge in [0.2, 0.25) is 26.6 Å². The fourth-order valence-corrected chi connectivity index (χ4v) is 5.65. The van der Waals surface area contributed by atoms with Crippen LogP contribution in [0.1, 0.15) is 5.56 Å². The number of piperazine rings is 1. The molecule has 6 nitrogen and oxygen atoms in total. The Balaban J connectivity index is 1.51. The van der Waals surface area contributed by atoms with Crippen LogP contribution >= 0.6 is 11.6 Å². The van der Waals surface area contributed by atoms with E-state index in [9.17, 15) is 8.42 Å². The van der Waals surface area contributed by atoms with E-state index in [1.807, 2.05) is 60.4 Å². The number of rotatable bonds is 5. The van der Waals surface area contributed by atoms with Crippen molar-refractivity contribution in [2.75, 3.05) is 36.0 Å². The molecule has 1 saturated heterocycles. The third-order valence-corrected chi connectivity index (χ3v) is 7.80. The van der Waals surface area contributed by atoms with Crippen molar-refractivity contribution in [3.63, 3.8) is 0 Å². The molecule has 0 N–H and O–H groups in total. The van der Waals surface area contributed by atoms with Crippen molar-refractivity contribution in [1.29, 1.82) is 0 Å². The van der Waals surface area contributed by atoms with Gasteiger partial charge >= 0.3 is 0 Å². The molecule has 1 fully saturated rings. The topological polar surface area (TPSA) is 66.7 Å². The van der Waals surface area contributed by atoms with Gasteiger partial charge in [0.1, 0.15) is 0 Å². The fourth-order valence-electron chi connectivity index (χ4n) is 4.13. The van der Waals surface area contributed by atoms with Gasteiger partial charge < -0.3 is 14.2 Å². The molecular formula is C26H24ClN3O3S. The van der Waals surface area contributed by atoms with E-state index in [2.05, 4.69) is 9.88 Å². The number of sulfone groups is 1. The minimum Gasteiger partial charge on any atom is -0.419 e. The van der Waals surface area contributed by atoms with Crippen molar-refractivity contribution in [1.82, 2.24) is 4.98 Å². The normalized spacial score (nSPS) is 14.4. The van der Waals surface area contributed by atoms with E-state index in [0.29, 0.717) is 37.1 Å². The van der Waals surface area contributed by atoms with E-state index in [-0.39, 0.29) is 15.8 Å². The van der Waals surface area contributed by atoms with Crippen LogP contribution in [-0.2, 0) is 9.84 Å². The van der Waals surface area contributed by atoms with Crippen molar-refractivity contribution in [2.45, 2.75) is 16.8 Å². The van der Waals surface area contributed by atoms with Crippen LogP contribution in [0.2, 0.25) is 5.02 Å². The quantitative estimate of drug-likeness (QED) is 0.367. The van der Waals surface area contributed by atoms with Gasteiger partial charge in [-0.15, -0.1) is 0 Å². The zero-order valence-electron chi connectivity index (χ0n) is 18.7. The van der Waals surface area contributed by atoms with Gasteiger partial charge in [0.25, 0.3) is 0 Å². The SMILES string of the molecule is Cc1cccc(-c2nc(S(=O)(=O)c3ccccc3)c(N3CCN(c4cccc(Cl)c4)CC3)o2)c1. The lowest BCUT2D eigenvalue weighted by molar-refractivity contribution is 0.525. The maximum absolute atomic E-state index is 13.6. The Morgan fingerprint density at radius 2 is 1.56 bits per heavy atom. The molecule has 1 aliphatic rings. The monoisotopic (exact) mass is 493 g/mol. The fraction of sp³-hybridized carbons (Fsp3) is 0.192. The van der Waals surface area contributed by atoms with Crippen LogP contribution in [-0.4, -0.2) is 39.6 Å². The second-order valence-electron chi connectivity index (χ2n) is 8.27. The van der Waals surface area contributed by atoms with Crippen LogP contribution in [0.3, 0.4) is 0 Å². The van der Waals surface area contributed by atoms with Crippen molar-refractivity contribution in [2.24, 2.45) is 0 Å². The van der Waals surface area contributed by atoms with Gasteiger partial charge in [0.15, 0.2) is 0 Å². The minimum absolute atomic E-state index is 0.0496. The molecule has 8 heteroatoms. The Labute approximate surface area is 204 Å². The summed E-state index contributed by atoms with van der Waals surface area (Å²) < 4.78 is 33.3. The largest absolute Gasteiger partial charge is 0.419 e. The summed E-state index contributed by atoms with van der Waals surface area (Å²) in [7, 11) is -3.87. The van der Waals surface area contributed by atoms with Crippen molar-refractivity contribution < 1.29 is 12.8 Å². The molecule has 174 valence electrons. The first-order valence-corrected chi connectivity index (χ1v) is 12.9. The summed E-state index contributed by atoms with van der Waals surface area (Å²) in [6.45, 7) is 4.56. The summed E-state index contributed by atoms with van der Waals surface area (Å²) in [4.78, 5) is 8.89. The molecule has 0 amide bonds. The second kappa shape index (κ2) is 9.16. The molecule has 1 aliphatic heterocycles. The van der Waals surface area contributed by atoms with Gasteiger partial charge in [-0.25, -0.2) is 8.42 Å². The van der Waals surface area contributed by atoms with Crippen LogP contribution in [0.15, 0.2) is 93.2 Å². The Morgan fingerprint density at radius 1 is 0.853 bits per heavy atom. The van der Waals surface area contributed by atoms with E-state index in [1.54, 1.807) is 30.3 Å². The van der Waals surface area contributed by atoms with Crippen molar-refractivity contribution >= 4 is 33.0 Å². The molecule has 4 aromatic rings. The molecule has 0 aliphatic carbocycles. The third kappa shape index (κ3) is 4.41. The molecule has 3 aromatic carbocycles. The molecule has 1 aromatic heterocycles. The van der Waals surface area contributed by atoms with Crippen molar-refractivity contribution in [3.05, 3.63) is 89.4 Å². The highest BCUT2D eigenvalue weighted by Crippen LogP contribution is 2.35. The average molecular weight is 494 g/mol. The highest BCUT2D eigenvalue weighted by atomic mass is 35.5. The average Bonchev–Trinajstić information content (AvgIpc) is 3.31. The van der Waals surface area contributed by atoms with Gasteiger partial charge in [-0.1, -0.05) is 53.6 Å². The molecule has 0 atom stereocenters. The standard InChI is InChI=1S/C26H24ClN3O3S/c1-19-7-5-8-20(17-19)24-28-25(34(31,32)23-11-3-2-4-12-23)26(33-24)30-15-13-29(14-16-30)22-10-6-9-21(27)18-22/h2-12,17-18H,13-16H2,1H3. The Bertz CT molecular complexity index is 1410. The maximum atomic E-state index is 13.6. The van der Waals surface area contributed by atoms with E-state index >= 15 is 0 Å². The summed E-state index contributed by atoms with van der Waals surface area (Å²) in [5, 5.41) is 0.639. The Kier molecular flexibility index (Phi) is 6.06. The lowest BCUT2D eigenvalue weighted by atomic mass is 10.1. The first-order chi connectivity index (χ1) is 16.4. The molecule has 2 heterocycles. The van der Waals surface area contributed by atoms with Crippen LogP contribution in [0.4, 0.5) is 11.6 Å². The molecule has 0 spiro atoms. The number of halogens is 1. The molecule has 0 saturated carbocycles. The summed E-state index contributed by atoms with van der Waals surface area (Å²) in [5.41, 5.74) is 2.83. The summed E-state index contributed by atoms with van der Waals surface area (Å²) in [6.07, 6.45) is 0. The summed E-state index contributed by atoms with van der Waals surface area (Å²) >= 11 is 6.16. The van der Waals surface area contributed by atoms with Gasteiger partial charge in [0.05, 0.1) is 4.90 Å². The molecule has 34 heavy (non-hydrogen) atoms. The number of hydrogen-bond acceptors (Lipinski definition) is 6. The molecular weight excluding hydrogens is 470 g/mol. The Morgan fingerprint density at radius 3 is 2.26 bits per heavy atom. The van der Waals surface area contributed by atoms with E-state index < -0.39 is 9.84 Å². The smallest absolute Gasteiger partial charge is 0.236 e. The lowest BCUT2D eigenvalue weighted by Gasteiger charge is -2.36.